The van der Waals surface area contributed by atoms with Gasteiger partial charge in [-0.15, -0.1) is 0 Å². The lowest BCUT2D eigenvalue weighted by molar-refractivity contribution is 0.366. The van der Waals surface area contributed by atoms with E-state index >= 15 is 0 Å². The van der Waals surface area contributed by atoms with Crippen molar-refractivity contribution in [3.05, 3.63) is 24.8 Å². The summed E-state index contributed by atoms with van der Waals surface area (Å²) in [4.78, 5) is 8.70. The second-order valence-corrected chi connectivity index (χ2v) is 5.77. The van der Waals surface area contributed by atoms with E-state index in [1.165, 1.54) is 19.3 Å². The molecule has 0 atom stereocenters. The molecular formula is C15H19N5O. The van der Waals surface area contributed by atoms with Crippen molar-refractivity contribution in [3.8, 4) is 11.6 Å². The zero-order valence-electron chi connectivity index (χ0n) is 12.1. The van der Waals surface area contributed by atoms with Gasteiger partial charge in [-0.25, -0.2) is 4.98 Å². The molecule has 0 radical (unpaired) electrons. The van der Waals surface area contributed by atoms with Gasteiger partial charge in [0.1, 0.15) is 11.4 Å². The average Bonchev–Trinajstić information content (AvgIpc) is 3.14. The molecule has 0 amide bonds. The molecule has 1 fully saturated rings. The highest BCUT2D eigenvalue weighted by atomic mass is 16.5. The molecule has 1 saturated carbocycles. The lowest BCUT2D eigenvalue weighted by Crippen LogP contribution is -2.43. The minimum atomic E-state index is -0.0463. The monoisotopic (exact) mass is 285 g/mol. The maximum atomic E-state index is 5.34. The van der Waals surface area contributed by atoms with Crippen molar-refractivity contribution >= 4 is 11.5 Å². The van der Waals surface area contributed by atoms with Crippen LogP contribution in [0.4, 0.5) is 11.5 Å². The Bertz CT molecular complexity index is 646. The maximum Gasteiger partial charge on any atom is 0.217 e. The van der Waals surface area contributed by atoms with Crippen LogP contribution in [0.15, 0.2) is 24.8 Å². The number of ether oxygens (including phenoxy) is 1. The molecule has 0 saturated heterocycles. The second-order valence-electron chi connectivity index (χ2n) is 5.77. The third-order valence-electron chi connectivity index (χ3n) is 4.40. The van der Waals surface area contributed by atoms with Crippen LogP contribution in [0.3, 0.4) is 0 Å². The summed E-state index contributed by atoms with van der Waals surface area (Å²) in [5.74, 6) is 1.49. The summed E-state index contributed by atoms with van der Waals surface area (Å²) in [6.07, 6.45) is 11.5. The number of anilines is 2. The molecule has 6 heteroatoms. The molecule has 2 aromatic heterocycles. The van der Waals surface area contributed by atoms with Gasteiger partial charge in [0.2, 0.25) is 5.88 Å². The third kappa shape index (κ3) is 2.02. The molecule has 2 aliphatic rings. The van der Waals surface area contributed by atoms with E-state index < -0.39 is 0 Å². The maximum absolute atomic E-state index is 5.34. The Morgan fingerprint density at radius 2 is 2.10 bits per heavy atom. The highest BCUT2D eigenvalue weighted by Gasteiger charge is 2.39. The summed E-state index contributed by atoms with van der Waals surface area (Å²) in [7, 11) is 1.64. The van der Waals surface area contributed by atoms with Gasteiger partial charge in [-0.05, 0) is 25.7 Å². The number of pyridine rings is 1. The van der Waals surface area contributed by atoms with E-state index in [9.17, 15) is 0 Å². The predicted octanol–water partition coefficient (Wildman–Crippen LogP) is 2.77. The number of aromatic nitrogens is 3. The van der Waals surface area contributed by atoms with Crippen molar-refractivity contribution in [1.29, 1.82) is 0 Å². The van der Waals surface area contributed by atoms with Gasteiger partial charge >= 0.3 is 0 Å². The predicted molar refractivity (Wildman–Crippen MR) is 81.0 cm³/mol. The van der Waals surface area contributed by atoms with Crippen molar-refractivity contribution in [2.45, 2.75) is 37.8 Å². The molecule has 6 nitrogen and oxygen atoms in total. The molecule has 0 aromatic carbocycles. The normalized spacial score (nSPS) is 18.9. The van der Waals surface area contributed by atoms with Crippen LogP contribution in [0.5, 0.6) is 5.88 Å². The summed E-state index contributed by atoms with van der Waals surface area (Å²) >= 11 is 0. The Morgan fingerprint density at radius 3 is 2.81 bits per heavy atom. The number of imidazole rings is 1. The topological polar surface area (TPSA) is 64.0 Å². The van der Waals surface area contributed by atoms with Crippen LogP contribution in [-0.2, 0) is 0 Å². The summed E-state index contributed by atoms with van der Waals surface area (Å²) < 4.78 is 7.33. The van der Waals surface area contributed by atoms with Gasteiger partial charge in [0, 0.05) is 18.5 Å². The van der Waals surface area contributed by atoms with Gasteiger partial charge < -0.3 is 19.9 Å². The largest absolute Gasteiger partial charge is 0.481 e. The van der Waals surface area contributed by atoms with E-state index in [4.69, 9.17) is 4.74 Å². The first kappa shape index (κ1) is 12.5. The standard InChI is InChI=1S/C15H19N5O/c1-21-12-9-11(20-8-7-16-10-20)13-14(17-12)19-15(18-13)5-3-2-4-6-15/h7-10,18H,2-6H2,1H3,(H,17,19). The fraction of sp³-hybridized carbons (Fsp3) is 0.467. The Morgan fingerprint density at radius 1 is 1.24 bits per heavy atom. The lowest BCUT2D eigenvalue weighted by atomic mass is 9.89. The fourth-order valence-electron chi connectivity index (χ4n) is 3.33. The lowest BCUT2D eigenvalue weighted by Gasteiger charge is -2.34. The average molecular weight is 285 g/mol. The van der Waals surface area contributed by atoms with Gasteiger partial charge in [0.05, 0.1) is 19.1 Å². The first-order chi connectivity index (χ1) is 10.3. The SMILES string of the molecule is COc1cc(-n2ccnc2)c2c(n1)NC1(CCCCC1)N2. The molecule has 110 valence electrons. The number of nitrogens with one attached hydrogen (secondary N) is 2. The first-order valence-corrected chi connectivity index (χ1v) is 7.43. The van der Waals surface area contributed by atoms with Crippen LogP contribution in [0, 0.1) is 0 Å². The summed E-state index contributed by atoms with van der Waals surface area (Å²) in [5, 5.41) is 7.27. The Hall–Kier alpha value is -2.24. The van der Waals surface area contributed by atoms with Crippen molar-refractivity contribution in [2.24, 2.45) is 0 Å². The van der Waals surface area contributed by atoms with E-state index in [0.29, 0.717) is 5.88 Å². The van der Waals surface area contributed by atoms with Crippen LogP contribution < -0.4 is 15.4 Å². The zero-order chi connectivity index (χ0) is 14.3. The van der Waals surface area contributed by atoms with Crippen LogP contribution in [0.2, 0.25) is 0 Å². The molecule has 3 heterocycles. The van der Waals surface area contributed by atoms with Gasteiger partial charge in [-0.1, -0.05) is 6.42 Å². The van der Waals surface area contributed by atoms with Crippen molar-refractivity contribution in [3.63, 3.8) is 0 Å². The van der Waals surface area contributed by atoms with Gasteiger partial charge in [0.15, 0.2) is 5.82 Å². The number of hydrogen-bond donors (Lipinski definition) is 2. The zero-order valence-corrected chi connectivity index (χ0v) is 12.1. The van der Waals surface area contributed by atoms with Gasteiger partial charge in [-0.3, -0.25) is 0 Å². The van der Waals surface area contributed by atoms with Crippen LogP contribution in [0.25, 0.3) is 5.69 Å². The van der Waals surface area contributed by atoms with Crippen LogP contribution >= 0.6 is 0 Å². The molecule has 2 aromatic rings. The molecule has 1 spiro atoms. The van der Waals surface area contributed by atoms with E-state index in [-0.39, 0.29) is 5.66 Å². The fourth-order valence-corrected chi connectivity index (χ4v) is 3.33. The molecule has 1 aliphatic heterocycles. The molecule has 0 unspecified atom stereocenters. The van der Waals surface area contributed by atoms with Crippen LogP contribution in [0.1, 0.15) is 32.1 Å². The third-order valence-corrected chi connectivity index (χ3v) is 4.40. The van der Waals surface area contributed by atoms with E-state index in [1.807, 2.05) is 16.8 Å². The highest BCUT2D eigenvalue weighted by Crippen LogP contribution is 2.44. The Kier molecular flexibility index (Phi) is 2.77. The van der Waals surface area contributed by atoms with Crippen molar-refractivity contribution in [2.75, 3.05) is 17.7 Å². The molecule has 2 N–H and O–H groups in total. The first-order valence-electron chi connectivity index (χ1n) is 7.43. The van der Waals surface area contributed by atoms with E-state index in [1.54, 1.807) is 19.6 Å². The van der Waals surface area contributed by atoms with Crippen LogP contribution in [-0.4, -0.2) is 27.3 Å². The number of nitrogens with zero attached hydrogens (tertiary/aromatic N) is 3. The molecule has 21 heavy (non-hydrogen) atoms. The number of hydrogen-bond acceptors (Lipinski definition) is 5. The summed E-state index contributed by atoms with van der Waals surface area (Å²) in [6.45, 7) is 0. The van der Waals surface area contributed by atoms with Crippen molar-refractivity contribution in [1.82, 2.24) is 14.5 Å². The minimum Gasteiger partial charge on any atom is -0.481 e. The minimum absolute atomic E-state index is 0.0463. The van der Waals surface area contributed by atoms with Gasteiger partial charge in [-0.2, -0.15) is 4.98 Å². The van der Waals surface area contributed by atoms with Gasteiger partial charge in [0.25, 0.3) is 0 Å². The number of rotatable bonds is 2. The molecule has 1 aliphatic carbocycles. The second kappa shape index (κ2) is 4.65. The summed E-state index contributed by atoms with van der Waals surface area (Å²) in [6, 6.07) is 1.94. The Labute approximate surface area is 123 Å². The molecule has 4 rings (SSSR count). The number of fused-ring (bicyclic) bond motifs is 1. The van der Waals surface area contributed by atoms with Crippen molar-refractivity contribution < 1.29 is 4.74 Å². The highest BCUT2D eigenvalue weighted by molar-refractivity contribution is 5.81. The quantitative estimate of drug-likeness (QED) is 0.888. The summed E-state index contributed by atoms with van der Waals surface area (Å²) in [5.41, 5.74) is 2.01. The smallest absolute Gasteiger partial charge is 0.217 e. The molecule has 0 bridgehead atoms. The van der Waals surface area contributed by atoms with E-state index in [0.717, 1.165) is 30.0 Å². The molecular weight excluding hydrogens is 266 g/mol. The Balaban J connectivity index is 1.79. The number of methoxy groups -OCH3 is 1. The van der Waals surface area contributed by atoms with E-state index in [2.05, 4.69) is 20.6 Å².